The van der Waals surface area contributed by atoms with E-state index in [1.807, 2.05) is 24.3 Å². The minimum atomic E-state index is -0.246. The van der Waals surface area contributed by atoms with Gasteiger partial charge >= 0.3 is 0 Å². The van der Waals surface area contributed by atoms with Crippen LogP contribution in [0.2, 0.25) is 0 Å². The number of phenols is 2. The van der Waals surface area contributed by atoms with Crippen LogP contribution in [0.25, 0.3) is 0 Å². The lowest BCUT2D eigenvalue weighted by Gasteiger charge is -2.34. The zero-order chi connectivity index (χ0) is 23.7. The fourth-order valence-corrected chi connectivity index (χ4v) is 6.32. The maximum atomic E-state index is 10.1. The fourth-order valence-electron chi connectivity index (χ4n) is 5.00. The number of fused-ring (bicyclic) bond motifs is 1. The van der Waals surface area contributed by atoms with Crippen LogP contribution in [0.1, 0.15) is 42.7 Å². The topological polar surface area (TPSA) is 62.2 Å². The number of benzene rings is 3. The maximum absolute atomic E-state index is 10.1. The molecule has 1 fully saturated rings. The van der Waals surface area contributed by atoms with Gasteiger partial charge in [0.25, 0.3) is 0 Å². The van der Waals surface area contributed by atoms with Gasteiger partial charge in [0, 0.05) is 19.1 Å². The molecule has 2 aliphatic rings. The highest BCUT2D eigenvalue weighted by molar-refractivity contribution is 7.99. The normalized spacial score (nSPS) is 23.7. The van der Waals surface area contributed by atoms with E-state index < -0.39 is 0 Å². The standard InChI is InChI=1S/C28H31NO4S.ClH/c1-18-14-19(2)29(17-18)12-13-32-24-9-6-20(7-10-24)27-28(21-4-3-5-22(30)15-21)34-26-16-23(31)8-11-25(26)33-27;/h3-11,15-16,18-19,27-28,30-31H,12-14,17H2,1-2H3;1H/t18-,19+,27-,28+;/m0./s1. The van der Waals surface area contributed by atoms with Crippen molar-refractivity contribution in [3.8, 4) is 23.0 Å². The lowest BCUT2D eigenvalue weighted by Crippen LogP contribution is -2.31. The lowest BCUT2D eigenvalue weighted by molar-refractivity contribution is 0.190. The molecule has 186 valence electrons. The Morgan fingerprint density at radius 3 is 2.46 bits per heavy atom. The van der Waals surface area contributed by atoms with Gasteiger partial charge in [-0.3, -0.25) is 4.90 Å². The molecule has 0 aliphatic carbocycles. The van der Waals surface area contributed by atoms with Crippen LogP contribution in [0, 0.1) is 5.92 Å². The number of thioether (sulfide) groups is 1. The van der Waals surface area contributed by atoms with E-state index in [1.165, 1.54) is 6.42 Å². The summed E-state index contributed by atoms with van der Waals surface area (Å²) in [6, 6.07) is 21.2. The monoisotopic (exact) mass is 513 g/mol. The van der Waals surface area contributed by atoms with Crippen molar-refractivity contribution in [1.82, 2.24) is 4.90 Å². The van der Waals surface area contributed by atoms with Crippen LogP contribution in [0.3, 0.4) is 0 Å². The van der Waals surface area contributed by atoms with Gasteiger partial charge in [0.1, 0.15) is 35.7 Å². The average molecular weight is 514 g/mol. The number of hydrogen-bond donors (Lipinski definition) is 2. The zero-order valence-electron chi connectivity index (χ0n) is 20.0. The largest absolute Gasteiger partial charge is 0.508 e. The number of nitrogens with zero attached hydrogens (tertiary/aromatic N) is 1. The van der Waals surface area contributed by atoms with Gasteiger partial charge in [-0.1, -0.05) is 31.2 Å². The highest BCUT2D eigenvalue weighted by Crippen LogP contribution is 2.54. The lowest BCUT2D eigenvalue weighted by atomic mass is 10.00. The third kappa shape index (κ3) is 5.83. The molecule has 5 nitrogen and oxygen atoms in total. The maximum Gasteiger partial charge on any atom is 0.140 e. The van der Waals surface area contributed by atoms with E-state index in [4.69, 9.17) is 9.47 Å². The number of ether oxygens (including phenoxy) is 2. The summed E-state index contributed by atoms with van der Waals surface area (Å²) in [5, 5.41) is 19.9. The number of likely N-dealkylation sites (tertiary alicyclic amines) is 1. The van der Waals surface area contributed by atoms with E-state index in [2.05, 4.69) is 30.9 Å². The van der Waals surface area contributed by atoms with E-state index in [0.717, 1.165) is 46.5 Å². The minimum Gasteiger partial charge on any atom is -0.508 e. The van der Waals surface area contributed by atoms with Crippen LogP contribution >= 0.6 is 24.2 Å². The SMILES string of the molecule is C[C@H]1C[C@@H](C)N(CCOc2ccc([C@@H]3Oc4ccc(O)cc4S[C@@H]3c3cccc(O)c3)cc2)C1.Cl. The number of phenolic OH excluding ortho intramolecular Hbond substituents is 2. The molecule has 1 saturated heterocycles. The molecule has 0 saturated carbocycles. The van der Waals surface area contributed by atoms with Crippen molar-refractivity contribution in [3.63, 3.8) is 0 Å². The van der Waals surface area contributed by atoms with E-state index in [9.17, 15) is 10.2 Å². The zero-order valence-corrected chi connectivity index (χ0v) is 21.6. The van der Waals surface area contributed by atoms with Gasteiger partial charge in [-0.2, -0.15) is 0 Å². The minimum absolute atomic E-state index is 0. The van der Waals surface area contributed by atoms with E-state index in [1.54, 1.807) is 42.1 Å². The fraction of sp³-hybridized carbons (Fsp3) is 0.357. The van der Waals surface area contributed by atoms with Crippen molar-refractivity contribution in [2.75, 3.05) is 19.7 Å². The summed E-state index contributed by atoms with van der Waals surface area (Å²) in [5.41, 5.74) is 2.01. The Morgan fingerprint density at radius 1 is 0.971 bits per heavy atom. The van der Waals surface area contributed by atoms with Crippen molar-refractivity contribution in [3.05, 3.63) is 77.9 Å². The Morgan fingerprint density at radius 2 is 1.74 bits per heavy atom. The predicted molar refractivity (Wildman–Crippen MR) is 142 cm³/mol. The van der Waals surface area contributed by atoms with Crippen molar-refractivity contribution in [2.24, 2.45) is 5.92 Å². The van der Waals surface area contributed by atoms with Gasteiger partial charge < -0.3 is 19.7 Å². The Balaban J connectivity index is 0.00000289. The first kappa shape index (κ1) is 25.5. The van der Waals surface area contributed by atoms with Crippen LogP contribution in [0.15, 0.2) is 71.6 Å². The van der Waals surface area contributed by atoms with Crippen LogP contribution in [-0.4, -0.2) is 40.9 Å². The predicted octanol–water partition coefficient (Wildman–Crippen LogP) is 6.60. The number of halogens is 1. The molecule has 0 aromatic heterocycles. The summed E-state index contributed by atoms with van der Waals surface area (Å²) in [5.74, 6) is 2.80. The van der Waals surface area contributed by atoms with Crippen LogP contribution in [0.4, 0.5) is 0 Å². The van der Waals surface area contributed by atoms with Crippen LogP contribution in [0.5, 0.6) is 23.0 Å². The van der Waals surface area contributed by atoms with Gasteiger partial charge in [-0.15, -0.1) is 24.2 Å². The first-order chi connectivity index (χ1) is 16.5. The Bertz CT molecular complexity index is 1140. The van der Waals surface area contributed by atoms with Crippen molar-refractivity contribution in [1.29, 1.82) is 0 Å². The summed E-state index contributed by atoms with van der Waals surface area (Å²) in [4.78, 5) is 3.39. The molecule has 0 radical (unpaired) electrons. The highest BCUT2D eigenvalue weighted by atomic mass is 35.5. The highest BCUT2D eigenvalue weighted by Gasteiger charge is 2.34. The third-order valence-electron chi connectivity index (χ3n) is 6.68. The number of aromatic hydroxyl groups is 2. The molecular formula is C28H32ClNO4S. The third-order valence-corrected chi connectivity index (χ3v) is 8.02. The molecule has 3 aromatic rings. The molecule has 0 bridgehead atoms. The first-order valence-corrected chi connectivity index (χ1v) is 12.8. The molecular weight excluding hydrogens is 482 g/mol. The molecule has 0 unspecified atom stereocenters. The number of rotatable bonds is 6. The van der Waals surface area contributed by atoms with Gasteiger partial charge in [0.2, 0.25) is 0 Å². The quantitative estimate of drug-likeness (QED) is 0.387. The molecule has 5 rings (SSSR count). The summed E-state index contributed by atoms with van der Waals surface area (Å²) >= 11 is 1.64. The Labute approximate surface area is 217 Å². The first-order valence-electron chi connectivity index (χ1n) is 11.9. The summed E-state index contributed by atoms with van der Waals surface area (Å²) in [6.45, 7) is 7.37. The van der Waals surface area contributed by atoms with Crippen molar-refractivity contribution >= 4 is 24.2 Å². The molecule has 0 amide bonds. The molecule has 4 atom stereocenters. The summed E-state index contributed by atoms with van der Waals surface area (Å²) in [7, 11) is 0. The van der Waals surface area contributed by atoms with Crippen molar-refractivity contribution < 1.29 is 19.7 Å². The summed E-state index contributed by atoms with van der Waals surface area (Å²) < 4.78 is 12.5. The van der Waals surface area contributed by atoms with Gasteiger partial charge in [0.05, 0.1) is 10.1 Å². The molecule has 2 heterocycles. The molecule has 2 aliphatic heterocycles. The van der Waals surface area contributed by atoms with Crippen LogP contribution in [-0.2, 0) is 0 Å². The van der Waals surface area contributed by atoms with E-state index >= 15 is 0 Å². The van der Waals surface area contributed by atoms with E-state index in [0.29, 0.717) is 12.6 Å². The second kappa shape index (κ2) is 11.0. The molecule has 2 N–H and O–H groups in total. The molecule has 3 aromatic carbocycles. The molecule has 35 heavy (non-hydrogen) atoms. The Hall–Kier alpha value is -2.54. The number of hydrogen-bond acceptors (Lipinski definition) is 6. The van der Waals surface area contributed by atoms with Crippen LogP contribution < -0.4 is 9.47 Å². The summed E-state index contributed by atoms with van der Waals surface area (Å²) in [6.07, 6.45) is 1.02. The van der Waals surface area contributed by atoms with Gasteiger partial charge in [0.15, 0.2) is 0 Å². The van der Waals surface area contributed by atoms with E-state index in [-0.39, 0.29) is 35.3 Å². The average Bonchev–Trinajstić information content (AvgIpc) is 3.15. The van der Waals surface area contributed by atoms with Crippen molar-refractivity contribution in [2.45, 2.75) is 42.6 Å². The second-order valence-corrected chi connectivity index (χ2v) is 10.6. The second-order valence-electron chi connectivity index (χ2n) is 9.41. The van der Waals surface area contributed by atoms with Gasteiger partial charge in [-0.25, -0.2) is 0 Å². The smallest absolute Gasteiger partial charge is 0.140 e. The molecule has 0 spiro atoms. The molecule has 7 heteroatoms. The van der Waals surface area contributed by atoms with Gasteiger partial charge in [-0.05, 0) is 72.9 Å². The Kier molecular flexibility index (Phi) is 8.05.